The standard InChI is InChI=1S/C20H15F3N4O2/c1-10-3-15-16(7-17(10)24)19(29)27(18(15)28)14-5-12(20(21,22)23)4-13(6-14)26-8-11(2)25-9-26/h3-9H,24H2,1-2H3. The Bertz CT molecular complexity index is 1140. The van der Waals surface area contributed by atoms with E-state index in [4.69, 9.17) is 5.73 Å². The molecule has 0 fully saturated rings. The highest BCUT2D eigenvalue weighted by atomic mass is 19.4. The van der Waals surface area contributed by atoms with E-state index in [-0.39, 0.29) is 22.5 Å². The maximum Gasteiger partial charge on any atom is 0.416 e. The molecule has 1 aromatic heterocycles. The number of benzene rings is 2. The molecule has 0 aliphatic carbocycles. The molecule has 1 aliphatic rings. The van der Waals surface area contributed by atoms with Crippen molar-refractivity contribution < 1.29 is 22.8 Å². The molecule has 0 saturated carbocycles. The Hall–Kier alpha value is -3.62. The zero-order valence-electron chi connectivity index (χ0n) is 15.4. The van der Waals surface area contributed by atoms with Crippen LogP contribution in [0, 0.1) is 13.8 Å². The first-order valence-corrected chi connectivity index (χ1v) is 8.58. The van der Waals surface area contributed by atoms with Gasteiger partial charge in [-0.15, -0.1) is 0 Å². The minimum atomic E-state index is -4.67. The first-order chi connectivity index (χ1) is 13.6. The van der Waals surface area contributed by atoms with Crippen molar-refractivity contribution in [3.05, 3.63) is 70.8 Å². The number of alkyl halides is 3. The van der Waals surface area contributed by atoms with Crippen LogP contribution in [-0.2, 0) is 6.18 Å². The molecule has 29 heavy (non-hydrogen) atoms. The second-order valence-corrected chi connectivity index (χ2v) is 6.86. The average molecular weight is 400 g/mol. The van der Waals surface area contributed by atoms with E-state index >= 15 is 0 Å². The highest BCUT2D eigenvalue weighted by Gasteiger charge is 2.39. The Morgan fingerprint density at radius 1 is 0.931 bits per heavy atom. The SMILES string of the molecule is Cc1cn(-c2cc(N3C(=O)c4cc(C)c(N)cc4C3=O)cc(C(F)(F)F)c2)cn1. The monoisotopic (exact) mass is 400 g/mol. The summed E-state index contributed by atoms with van der Waals surface area (Å²) in [5.74, 6) is -1.41. The third-order valence-corrected chi connectivity index (χ3v) is 4.77. The number of imidazole rings is 1. The number of aromatic nitrogens is 2. The number of amides is 2. The Labute approximate surface area is 163 Å². The van der Waals surface area contributed by atoms with E-state index in [0.717, 1.165) is 17.0 Å². The second kappa shape index (κ2) is 6.20. The minimum Gasteiger partial charge on any atom is -0.398 e. The number of nitrogens with two attached hydrogens (primary N) is 1. The summed E-state index contributed by atoms with van der Waals surface area (Å²) in [6, 6.07) is 5.90. The average Bonchev–Trinajstić information content (AvgIpc) is 3.17. The van der Waals surface area contributed by atoms with E-state index in [1.165, 1.54) is 29.1 Å². The number of hydrogen-bond donors (Lipinski definition) is 1. The zero-order chi connectivity index (χ0) is 21.1. The number of halogens is 3. The molecular formula is C20H15F3N4O2. The summed E-state index contributed by atoms with van der Waals surface area (Å²) < 4.78 is 41.9. The van der Waals surface area contributed by atoms with E-state index in [1.807, 2.05) is 0 Å². The molecule has 0 bridgehead atoms. The van der Waals surface area contributed by atoms with Crippen molar-refractivity contribution in [3.8, 4) is 5.69 Å². The van der Waals surface area contributed by atoms with Gasteiger partial charge in [-0.3, -0.25) is 9.59 Å². The number of fused-ring (bicyclic) bond motifs is 1. The summed E-state index contributed by atoms with van der Waals surface area (Å²) >= 11 is 0. The predicted molar refractivity (Wildman–Crippen MR) is 100 cm³/mol. The van der Waals surface area contributed by atoms with Crippen LogP contribution in [0.15, 0.2) is 42.9 Å². The number of rotatable bonds is 2. The maximum absolute atomic E-state index is 13.5. The molecule has 2 aromatic carbocycles. The van der Waals surface area contributed by atoms with Crippen LogP contribution in [0.25, 0.3) is 5.69 Å². The molecule has 2 N–H and O–H groups in total. The molecular weight excluding hydrogens is 385 g/mol. The predicted octanol–water partition coefficient (Wildman–Crippen LogP) is 3.89. The first kappa shape index (κ1) is 18.7. The van der Waals surface area contributed by atoms with Gasteiger partial charge in [0.15, 0.2) is 0 Å². The summed E-state index contributed by atoms with van der Waals surface area (Å²) in [7, 11) is 0. The lowest BCUT2D eigenvalue weighted by Crippen LogP contribution is -2.29. The van der Waals surface area contributed by atoms with Gasteiger partial charge in [0.2, 0.25) is 0 Å². The van der Waals surface area contributed by atoms with Crippen LogP contribution in [0.3, 0.4) is 0 Å². The minimum absolute atomic E-state index is 0.0653. The lowest BCUT2D eigenvalue weighted by atomic mass is 10.0. The van der Waals surface area contributed by atoms with Crippen molar-refractivity contribution >= 4 is 23.2 Å². The Morgan fingerprint density at radius 2 is 1.55 bits per heavy atom. The fourth-order valence-electron chi connectivity index (χ4n) is 3.25. The Morgan fingerprint density at radius 3 is 2.14 bits per heavy atom. The van der Waals surface area contributed by atoms with Crippen molar-refractivity contribution in [1.29, 1.82) is 0 Å². The van der Waals surface area contributed by atoms with Crippen LogP contribution in [-0.4, -0.2) is 21.4 Å². The number of aryl methyl sites for hydroxylation is 2. The van der Waals surface area contributed by atoms with E-state index in [2.05, 4.69) is 4.98 Å². The van der Waals surface area contributed by atoms with Gasteiger partial charge < -0.3 is 10.3 Å². The van der Waals surface area contributed by atoms with E-state index in [1.54, 1.807) is 20.0 Å². The third kappa shape index (κ3) is 3.04. The van der Waals surface area contributed by atoms with Crippen molar-refractivity contribution in [2.24, 2.45) is 0 Å². The number of imide groups is 1. The maximum atomic E-state index is 13.5. The molecule has 0 radical (unpaired) electrons. The van der Waals surface area contributed by atoms with Gasteiger partial charge in [0.1, 0.15) is 0 Å². The molecule has 0 unspecified atom stereocenters. The van der Waals surface area contributed by atoms with Gasteiger partial charge in [0, 0.05) is 17.6 Å². The van der Waals surface area contributed by atoms with Crippen LogP contribution in [0.5, 0.6) is 0 Å². The summed E-state index contributed by atoms with van der Waals surface area (Å²) in [5.41, 5.74) is 6.50. The number of carbonyl (C=O) groups excluding carboxylic acids is 2. The molecule has 0 spiro atoms. The highest BCUT2D eigenvalue weighted by Crippen LogP contribution is 2.37. The van der Waals surface area contributed by atoms with Crippen molar-refractivity contribution in [2.75, 3.05) is 10.6 Å². The Balaban J connectivity index is 1.88. The topological polar surface area (TPSA) is 81.2 Å². The molecule has 9 heteroatoms. The molecule has 4 rings (SSSR count). The van der Waals surface area contributed by atoms with E-state index in [0.29, 0.717) is 16.9 Å². The van der Waals surface area contributed by atoms with Crippen molar-refractivity contribution in [2.45, 2.75) is 20.0 Å². The molecule has 3 aromatic rings. The molecule has 0 saturated heterocycles. The van der Waals surface area contributed by atoms with Crippen LogP contribution in [0.2, 0.25) is 0 Å². The molecule has 6 nitrogen and oxygen atoms in total. The molecule has 1 aliphatic heterocycles. The van der Waals surface area contributed by atoms with E-state index in [9.17, 15) is 22.8 Å². The number of carbonyl (C=O) groups is 2. The van der Waals surface area contributed by atoms with Crippen molar-refractivity contribution in [1.82, 2.24) is 9.55 Å². The molecule has 148 valence electrons. The number of anilines is 2. The summed E-state index contributed by atoms with van der Waals surface area (Å²) in [5, 5.41) is 0. The van der Waals surface area contributed by atoms with E-state index < -0.39 is 23.6 Å². The van der Waals surface area contributed by atoms with Gasteiger partial charge in [-0.2, -0.15) is 13.2 Å². The second-order valence-electron chi connectivity index (χ2n) is 6.86. The molecule has 0 atom stereocenters. The van der Waals surface area contributed by atoms with Gasteiger partial charge in [-0.05, 0) is 49.7 Å². The van der Waals surface area contributed by atoms with Gasteiger partial charge in [0.05, 0.1) is 34.4 Å². The number of hydrogen-bond acceptors (Lipinski definition) is 4. The zero-order valence-corrected chi connectivity index (χ0v) is 15.4. The third-order valence-electron chi connectivity index (χ3n) is 4.77. The van der Waals surface area contributed by atoms with Crippen LogP contribution >= 0.6 is 0 Å². The van der Waals surface area contributed by atoms with Crippen LogP contribution < -0.4 is 10.6 Å². The normalized spacial score (nSPS) is 13.9. The molecule has 2 heterocycles. The summed E-state index contributed by atoms with van der Waals surface area (Å²) in [6.45, 7) is 3.38. The first-order valence-electron chi connectivity index (χ1n) is 8.58. The van der Waals surface area contributed by atoms with Gasteiger partial charge in [-0.1, -0.05) is 0 Å². The van der Waals surface area contributed by atoms with Gasteiger partial charge in [-0.25, -0.2) is 9.88 Å². The lowest BCUT2D eigenvalue weighted by Gasteiger charge is -2.18. The Kier molecular flexibility index (Phi) is 4.00. The fourth-order valence-corrected chi connectivity index (χ4v) is 3.25. The van der Waals surface area contributed by atoms with Crippen LogP contribution in [0.1, 0.15) is 37.5 Å². The van der Waals surface area contributed by atoms with Crippen molar-refractivity contribution in [3.63, 3.8) is 0 Å². The van der Waals surface area contributed by atoms with Gasteiger partial charge >= 0.3 is 6.18 Å². The largest absolute Gasteiger partial charge is 0.416 e. The highest BCUT2D eigenvalue weighted by molar-refractivity contribution is 6.34. The summed E-state index contributed by atoms with van der Waals surface area (Å²) in [6.07, 6.45) is -1.76. The number of nitrogens with zero attached hydrogens (tertiary/aromatic N) is 3. The quantitative estimate of drug-likeness (QED) is 0.523. The smallest absolute Gasteiger partial charge is 0.398 e. The molecule has 2 amide bonds. The lowest BCUT2D eigenvalue weighted by molar-refractivity contribution is -0.137. The van der Waals surface area contributed by atoms with Crippen LogP contribution in [0.4, 0.5) is 24.5 Å². The number of nitrogen functional groups attached to an aromatic ring is 1. The van der Waals surface area contributed by atoms with Gasteiger partial charge in [0.25, 0.3) is 11.8 Å². The fraction of sp³-hybridized carbons (Fsp3) is 0.150. The summed E-state index contributed by atoms with van der Waals surface area (Å²) in [4.78, 5) is 30.4.